The minimum atomic E-state index is 0.0211. The maximum absolute atomic E-state index is 6.11. The molecule has 2 saturated heterocycles. The first kappa shape index (κ1) is 12.2. The van der Waals surface area contributed by atoms with Crippen LogP contribution in [0.25, 0.3) is 0 Å². The van der Waals surface area contributed by atoms with Gasteiger partial charge in [0.2, 0.25) is 0 Å². The second kappa shape index (κ2) is 5.00. The normalized spacial score (nSPS) is 38.9. The van der Waals surface area contributed by atoms with E-state index in [1.165, 1.54) is 5.56 Å². The molecule has 0 N–H and O–H groups in total. The molecule has 2 heterocycles. The number of hydrogen-bond donors (Lipinski definition) is 0. The van der Waals surface area contributed by atoms with Crippen LogP contribution < -0.4 is 0 Å². The number of benzene rings is 1. The smallest absolute Gasteiger partial charge is 0.184 e. The molecule has 2 fully saturated rings. The van der Waals surface area contributed by atoms with E-state index in [2.05, 4.69) is 26.0 Å². The summed E-state index contributed by atoms with van der Waals surface area (Å²) in [6.45, 7) is 5.78. The van der Waals surface area contributed by atoms with Crippen molar-refractivity contribution in [2.24, 2.45) is 11.8 Å². The average molecular weight is 248 g/mol. The fraction of sp³-hybridized carbons (Fsp3) is 0.600. The summed E-state index contributed by atoms with van der Waals surface area (Å²) >= 11 is 0. The van der Waals surface area contributed by atoms with Crippen LogP contribution in [0.1, 0.15) is 19.4 Å². The Morgan fingerprint density at radius 3 is 2.78 bits per heavy atom. The Labute approximate surface area is 108 Å². The molecule has 2 aliphatic rings. The lowest BCUT2D eigenvalue weighted by Gasteiger charge is -2.27. The summed E-state index contributed by atoms with van der Waals surface area (Å²) in [5, 5.41) is 0. The predicted molar refractivity (Wildman–Crippen MR) is 68.0 cm³/mol. The molecule has 0 amide bonds. The quantitative estimate of drug-likeness (QED) is 0.770. The highest BCUT2D eigenvalue weighted by Crippen LogP contribution is 2.39. The Hall–Kier alpha value is -0.900. The van der Waals surface area contributed by atoms with E-state index in [4.69, 9.17) is 14.2 Å². The SMILES string of the molecule is CC1COC2OC2C(C)C1OCc1ccccc1. The lowest BCUT2D eigenvalue weighted by molar-refractivity contribution is -0.0622. The summed E-state index contributed by atoms with van der Waals surface area (Å²) in [4.78, 5) is 0. The van der Waals surface area contributed by atoms with Crippen LogP contribution in [0.15, 0.2) is 30.3 Å². The molecule has 3 heteroatoms. The molecule has 18 heavy (non-hydrogen) atoms. The molecule has 5 atom stereocenters. The van der Waals surface area contributed by atoms with Crippen LogP contribution in [0.2, 0.25) is 0 Å². The van der Waals surface area contributed by atoms with Crippen molar-refractivity contribution in [3.8, 4) is 0 Å². The Morgan fingerprint density at radius 2 is 2.00 bits per heavy atom. The second-order valence-corrected chi connectivity index (χ2v) is 5.40. The van der Waals surface area contributed by atoms with E-state index in [9.17, 15) is 0 Å². The topological polar surface area (TPSA) is 31.0 Å². The van der Waals surface area contributed by atoms with Crippen LogP contribution in [-0.4, -0.2) is 25.1 Å². The van der Waals surface area contributed by atoms with Gasteiger partial charge in [0.05, 0.1) is 19.3 Å². The van der Waals surface area contributed by atoms with Crippen LogP contribution in [0, 0.1) is 11.8 Å². The van der Waals surface area contributed by atoms with Crippen LogP contribution in [-0.2, 0) is 20.8 Å². The summed E-state index contributed by atoms with van der Waals surface area (Å²) in [7, 11) is 0. The molecule has 0 aliphatic carbocycles. The summed E-state index contributed by atoms with van der Waals surface area (Å²) in [5.74, 6) is 0.816. The monoisotopic (exact) mass is 248 g/mol. The summed E-state index contributed by atoms with van der Waals surface area (Å²) in [5.41, 5.74) is 1.22. The summed E-state index contributed by atoms with van der Waals surface area (Å²) in [6.07, 6.45) is 0.464. The van der Waals surface area contributed by atoms with Crippen LogP contribution >= 0.6 is 0 Å². The van der Waals surface area contributed by atoms with Crippen molar-refractivity contribution in [2.75, 3.05) is 6.61 Å². The van der Waals surface area contributed by atoms with Gasteiger partial charge in [0.1, 0.15) is 6.10 Å². The maximum atomic E-state index is 6.11. The van der Waals surface area contributed by atoms with Crippen molar-refractivity contribution in [1.29, 1.82) is 0 Å². The van der Waals surface area contributed by atoms with Gasteiger partial charge in [-0.15, -0.1) is 0 Å². The van der Waals surface area contributed by atoms with Gasteiger partial charge in [0.15, 0.2) is 6.29 Å². The molecule has 0 radical (unpaired) electrons. The van der Waals surface area contributed by atoms with Crippen molar-refractivity contribution in [2.45, 2.75) is 39.0 Å². The molecule has 0 bridgehead atoms. The molecular weight excluding hydrogens is 228 g/mol. The molecule has 2 aliphatic heterocycles. The van der Waals surface area contributed by atoms with E-state index in [1.807, 2.05) is 18.2 Å². The van der Waals surface area contributed by atoms with Gasteiger partial charge in [0, 0.05) is 11.8 Å². The van der Waals surface area contributed by atoms with Crippen molar-refractivity contribution >= 4 is 0 Å². The van der Waals surface area contributed by atoms with E-state index in [1.54, 1.807) is 0 Å². The zero-order valence-corrected chi connectivity index (χ0v) is 10.9. The van der Waals surface area contributed by atoms with E-state index in [0.29, 0.717) is 18.4 Å². The molecule has 1 aromatic rings. The minimum Gasteiger partial charge on any atom is -0.373 e. The second-order valence-electron chi connectivity index (χ2n) is 5.40. The zero-order valence-electron chi connectivity index (χ0n) is 10.9. The zero-order chi connectivity index (χ0) is 12.5. The third kappa shape index (κ3) is 2.44. The Balaban J connectivity index is 1.63. The highest BCUT2D eigenvalue weighted by atomic mass is 16.8. The first-order valence-electron chi connectivity index (χ1n) is 6.68. The van der Waals surface area contributed by atoms with Gasteiger partial charge >= 0.3 is 0 Å². The van der Waals surface area contributed by atoms with E-state index in [-0.39, 0.29) is 18.5 Å². The van der Waals surface area contributed by atoms with Gasteiger partial charge in [0.25, 0.3) is 0 Å². The molecule has 5 unspecified atom stereocenters. The van der Waals surface area contributed by atoms with Crippen LogP contribution in [0.4, 0.5) is 0 Å². The third-order valence-corrected chi connectivity index (χ3v) is 3.89. The molecule has 0 spiro atoms. The number of rotatable bonds is 3. The Kier molecular flexibility index (Phi) is 3.37. The van der Waals surface area contributed by atoms with E-state index < -0.39 is 0 Å². The number of ether oxygens (including phenoxy) is 3. The minimum absolute atomic E-state index is 0.0211. The van der Waals surface area contributed by atoms with Crippen LogP contribution in [0.5, 0.6) is 0 Å². The van der Waals surface area contributed by atoms with Crippen molar-refractivity contribution in [1.82, 2.24) is 0 Å². The highest BCUT2D eigenvalue weighted by Gasteiger charge is 2.50. The van der Waals surface area contributed by atoms with Gasteiger partial charge in [-0.3, -0.25) is 0 Å². The third-order valence-electron chi connectivity index (χ3n) is 3.89. The lowest BCUT2D eigenvalue weighted by atomic mass is 9.92. The van der Waals surface area contributed by atoms with E-state index in [0.717, 1.165) is 6.61 Å². The maximum Gasteiger partial charge on any atom is 0.184 e. The van der Waals surface area contributed by atoms with Gasteiger partial charge in [-0.2, -0.15) is 0 Å². The Bertz CT molecular complexity index is 392. The molecule has 3 rings (SSSR count). The van der Waals surface area contributed by atoms with Gasteiger partial charge < -0.3 is 14.2 Å². The van der Waals surface area contributed by atoms with Crippen molar-refractivity contribution in [3.05, 3.63) is 35.9 Å². The number of epoxide rings is 1. The molecular formula is C15H20O3. The standard InChI is InChI=1S/C15H20O3/c1-10-8-17-15-14(18-15)11(2)13(10)16-9-12-6-4-3-5-7-12/h3-7,10-11,13-15H,8-9H2,1-2H3. The summed E-state index contributed by atoms with van der Waals surface area (Å²) < 4.78 is 17.2. The largest absolute Gasteiger partial charge is 0.373 e. The van der Waals surface area contributed by atoms with E-state index >= 15 is 0 Å². The number of fused-ring (bicyclic) bond motifs is 1. The fourth-order valence-electron chi connectivity index (χ4n) is 2.74. The van der Waals surface area contributed by atoms with Crippen molar-refractivity contribution in [3.63, 3.8) is 0 Å². The molecule has 0 saturated carbocycles. The fourth-order valence-corrected chi connectivity index (χ4v) is 2.74. The van der Waals surface area contributed by atoms with Crippen LogP contribution in [0.3, 0.4) is 0 Å². The molecule has 0 aromatic heterocycles. The molecule has 98 valence electrons. The van der Waals surface area contributed by atoms with Gasteiger partial charge in [-0.25, -0.2) is 0 Å². The first-order valence-corrected chi connectivity index (χ1v) is 6.68. The average Bonchev–Trinajstić information content (AvgIpc) is 3.17. The predicted octanol–water partition coefficient (Wildman–Crippen LogP) is 2.60. The highest BCUT2D eigenvalue weighted by molar-refractivity contribution is 5.13. The Morgan fingerprint density at radius 1 is 1.22 bits per heavy atom. The first-order chi connectivity index (χ1) is 8.75. The van der Waals surface area contributed by atoms with Gasteiger partial charge in [-0.1, -0.05) is 44.2 Å². The van der Waals surface area contributed by atoms with Gasteiger partial charge in [-0.05, 0) is 5.56 Å². The lowest BCUT2D eigenvalue weighted by Crippen LogP contribution is -2.32. The number of hydrogen-bond acceptors (Lipinski definition) is 3. The summed E-state index contributed by atoms with van der Waals surface area (Å²) in [6, 6.07) is 10.3. The molecule has 1 aromatic carbocycles. The molecule has 3 nitrogen and oxygen atoms in total. The van der Waals surface area contributed by atoms with Crippen molar-refractivity contribution < 1.29 is 14.2 Å².